The van der Waals surface area contributed by atoms with E-state index in [-0.39, 0.29) is 12.3 Å². The molecule has 2 atom stereocenters. The predicted octanol–water partition coefficient (Wildman–Crippen LogP) is 4.79. The summed E-state index contributed by atoms with van der Waals surface area (Å²) in [4.78, 5) is 4.91. The van der Waals surface area contributed by atoms with Crippen molar-refractivity contribution in [2.45, 2.75) is 12.3 Å². The van der Waals surface area contributed by atoms with Gasteiger partial charge in [-0.15, -0.1) is 0 Å². The Morgan fingerprint density at radius 3 is 1.96 bits per heavy atom. The van der Waals surface area contributed by atoms with Gasteiger partial charge in [-0.25, -0.2) is 4.99 Å². The third kappa shape index (κ3) is 3.65. The molecule has 1 aliphatic rings. The fraction of sp³-hybridized carbons (Fsp3) is 0.0952. The van der Waals surface area contributed by atoms with E-state index in [9.17, 15) is 0 Å². The lowest BCUT2D eigenvalue weighted by molar-refractivity contribution is 0.409. The van der Waals surface area contributed by atoms with E-state index in [2.05, 4.69) is 75.1 Å². The second kappa shape index (κ2) is 7.21. The fourth-order valence-electron chi connectivity index (χ4n) is 2.94. The SMILES string of the molecule is Brc1ccc(C2=NC(c3ccccc3)NC(c3ccccc3)N2)cc1. The monoisotopic (exact) mass is 391 g/mol. The first kappa shape index (κ1) is 16.1. The van der Waals surface area contributed by atoms with Crippen molar-refractivity contribution < 1.29 is 0 Å². The molecule has 0 fully saturated rings. The zero-order valence-electron chi connectivity index (χ0n) is 13.6. The van der Waals surface area contributed by atoms with Gasteiger partial charge in [0.15, 0.2) is 0 Å². The summed E-state index contributed by atoms with van der Waals surface area (Å²) in [5.41, 5.74) is 3.42. The molecule has 0 bridgehead atoms. The minimum Gasteiger partial charge on any atom is -0.350 e. The topological polar surface area (TPSA) is 36.4 Å². The molecule has 1 aliphatic heterocycles. The van der Waals surface area contributed by atoms with E-state index in [4.69, 9.17) is 4.99 Å². The van der Waals surface area contributed by atoms with E-state index in [1.807, 2.05) is 36.4 Å². The largest absolute Gasteiger partial charge is 0.350 e. The molecule has 2 unspecified atom stereocenters. The Kier molecular flexibility index (Phi) is 4.63. The maximum atomic E-state index is 4.91. The van der Waals surface area contributed by atoms with E-state index in [1.54, 1.807) is 0 Å². The lowest BCUT2D eigenvalue weighted by Gasteiger charge is -2.32. The molecule has 0 amide bonds. The second-order valence-electron chi connectivity index (χ2n) is 5.95. The molecule has 4 rings (SSSR count). The number of halogens is 1. The van der Waals surface area contributed by atoms with Crippen LogP contribution >= 0.6 is 15.9 Å². The lowest BCUT2D eigenvalue weighted by atomic mass is 10.1. The van der Waals surface area contributed by atoms with Crippen LogP contribution in [-0.4, -0.2) is 5.84 Å². The highest BCUT2D eigenvalue weighted by atomic mass is 79.9. The summed E-state index contributed by atoms with van der Waals surface area (Å²) in [6.45, 7) is 0. The minimum absolute atomic E-state index is 0.00236. The molecule has 1 heterocycles. The van der Waals surface area contributed by atoms with Crippen molar-refractivity contribution in [1.82, 2.24) is 10.6 Å². The summed E-state index contributed by atoms with van der Waals surface area (Å²) in [6.07, 6.45) is -0.0890. The number of aliphatic imine (C=N–C) groups is 1. The molecule has 0 aliphatic carbocycles. The summed E-state index contributed by atoms with van der Waals surface area (Å²) in [5, 5.41) is 7.12. The van der Waals surface area contributed by atoms with Gasteiger partial charge in [0, 0.05) is 10.0 Å². The van der Waals surface area contributed by atoms with Gasteiger partial charge >= 0.3 is 0 Å². The van der Waals surface area contributed by atoms with Crippen LogP contribution in [-0.2, 0) is 0 Å². The molecule has 3 nitrogen and oxygen atoms in total. The fourth-order valence-corrected chi connectivity index (χ4v) is 3.20. The average Bonchev–Trinajstić information content (AvgIpc) is 2.69. The molecule has 4 heteroatoms. The summed E-state index contributed by atoms with van der Waals surface area (Å²) in [7, 11) is 0. The Morgan fingerprint density at radius 2 is 1.32 bits per heavy atom. The van der Waals surface area contributed by atoms with Crippen molar-refractivity contribution >= 4 is 21.8 Å². The molecule has 2 N–H and O–H groups in total. The first-order chi connectivity index (χ1) is 12.3. The highest BCUT2D eigenvalue weighted by Gasteiger charge is 2.24. The van der Waals surface area contributed by atoms with Gasteiger partial charge in [-0.2, -0.15) is 0 Å². The number of nitrogens with one attached hydrogen (secondary N) is 2. The van der Waals surface area contributed by atoms with Crippen LogP contribution in [0.25, 0.3) is 0 Å². The summed E-state index contributed by atoms with van der Waals surface area (Å²) in [5.74, 6) is 0.897. The van der Waals surface area contributed by atoms with Crippen LogP contribution in [0.15, 0.2) is 94.4 Å². The molecule has 25 heavy (non-hydrogen) atoms. The zero-order chi connectivity index (χ0) is 17.1. The summed E-state index contributed by atoms with van der Waals surface area (Å²) < 4.78 is 1.06. The van der Waals surface area contributed by atoms with Crippen molar-refractivity contribution in [3.05, 3.63) is 106 Å². The first-order valence-electron chi connectivity index (χ1n) is 8.26. The number of amidine groups is 1. The normalized spacial score (nSPS) is 19.8. The van der Waals surface area contributed by atoms with Gasteiger partial charge in [0.05, 0.1) is 0 Å². The van der Waals surface area contributed by atoms with Crippen LogP contribution in [0.2, 0.25) is 0 Å². The van der Waals surface area contributed by atoms with Crippen molar-refractivity contribution in [2.24, 2.45) is 4.99 Å². The van der Waals surface area contributed by atoms with Crippen LogP contribution in [0, 0.1) is 0 Å². The molecule has 0 saturated carbocycles. The maximum absolute atomic E-state index is 4.91. The Hall–Kier alpha value is -2.43. The zero-order valence-corrected chi connectivity index (χ0v) is 15.1. The van der Waals surface area contributed by atoms with E-state index >= 15 is 0 Å². The average molecular weight is 392 g/mol. The van der Waals surface area contributed by atoms with E-state index in [1.165, 1.54) is 5.56 Å². The molecule has 3 aromatic rings. The number of hydrogen-bond acceptors (Lipinski definition) is 3. The molecule has 3 aromatic carbocycles. The highest BCUT2D eigenvalue weighted by Crippen LogP contribution is 2.25. The Balaban J connectivity index is 1.73. The number of benzene rings is 3. The molecule has 0 radical (unpaired) electrons. The van der Waals surface area contributed by atoms with E-state index in [0.29, 0.717) is 0 Å². The minimum atomic E-state index is -0.0914. The number of rotatable bonds is 3. The van der Waals surface area contributed by atoms with Crippen molar-refractivity contribution in [3.63, 3.8) is 0 Å². The third-order valence-corrected chi connectivity index (χ3v) is 4.76. The molecule has 0 spiro atoms. The van der Waals surface area contributed by atoms with E-state index in [0.717, 1.165) is 21.4 Å². The standard InChI is InChI=1S/C21H18BrN3/c22-18-13-11-17(12-14-18)21-24-19(15-7-3-1-4-8-15)23-20(25-21)16-9-5-2-6-10-16/h1-14,19-20,23H,(H,24,25). The van der Waals surface area contributed by atoms with Crippen LogP contribution in [0.1, 0.15) is 29.0 Å². The van der Waals surface area contributed by atoms with Gasteiger partial charge in [-0.1, -0.05) is 88.7 Å². The molecular weight excluding hydrogens is 374 g/mol. The van der Waals surface area contributed by atoms with Crippen molar-refractivity contribution in [2.75, 3.05) is 0 Å². The lowest BCUT2D eigenvalue weighted by Crippen LogP contribution is -2.44. The van der Waals surface area contributed by atoms with Gasteiger partial charge in [0.2, 0.25) is 0 Å². The molecule has 0 aromatic heterocycles. The Labute approximate surface area is 155 Å². The smallest absolute Gasteiger partial charge is 0.131 e. The van der Waals surface area contributed by atoms with Gasteiger partial charge in [0.25, 0.3) is 0 Å². The first-order valence-corrected chi connectivity index (χ1v) is 9.05. The molecule has 0 saturated heterocycles. The quantitative estimate of drug-likeness (QED) is 0.673. The number of hydrogen-bond donors (Lipinski definition) is 2. The second-order valence-corrected chi connectivity index (χ2v) is 6.87. The third-order valence-electron chi connectivity index (χ3n) is 4.23. The van der Waals surface area contributed by atoms with Crippen molar-refractivity contribution in [3.8, 4) is 0 Å². The van der Waals surface area contributed by atoms with Crippen LogP contribution in [0.3, 0.4) is 0 Å². The Bertz CT molecular complexity index is 861. The summed E-state index contributed by atoms with van der Waals surface area (Å²) >= 11 is 3.49. The van der Waals surface area contributed by atoms with Gasteiger partial charge in [-0.3, -0.25) is 5.32 Å². The van der Waals surface area contributed by atoms with Crippen LogP contribution in [0.4, 0.5) is 0 Å². The summed E-state index contributed by atoms with van der Waals surface area (Å²) in [6, 6.07) is 28.9. The Morgan fingerprint density at radius 1 is 0.720 bits per heavy atom. The molecule has 124 valence electrons. The number of nitrogens with zero attached hydrogens (tertiary/aromatic N) is 1. The van der Waals surface area contributed by atoms with Crippen molar-refractivity contribution in [1.29, 1.82) is 0 Å². The van der Waals surface area contributed by atoms with Gasteiger partial charge in [0.1, 0.15) is 18.2 Å². The maximum Gasteiger partial charge on any atom is 0.131 e. The van der Waals surface area contributed by atoms with E-state index < -0.39 is 0 Å². The van der Waals surface area contributed by atoms with Crippen LogP contribution < -0.4 is 10.6 Å². The molecular formula is C21H18BrN3. The van der Waals surface area contributed by atoms with Crippen LogP contribution in [0.5, 0.6) is 0 Å². The van der Waals surface area contributed by atoms with Gasteiger partial charge < -0.3 is 5.32 Å². The highest BCUT2D eigenvalue weighted by molar-refractivity contribution is 9.10. The predicted molar refractivity (Wildman–Crippen MR) is 105 cm³/mol. The van der Waals surface area contributed by atoms with Gasteiger partial charge in [-0.05, 0) is 23.3 Å².